The summed E-state index contributed by atoms with van der Waals surface area (Å²) in [6, 6.07) is 1.40. The summed E-state index contributed by atoms with van der Waals surface area (Å²) in [4.78, 5) is 35.0. The normalized spacial score (nSPS) is 21.3. The minimum atomic E-state index is -1.58. The minimum absolute atomic E-state index is 0. The van der Waals surface area contributed by atoms with Crippen LogP contribution in [-0.4, -0.2) is 40.1 Å². The van der Waals surface area contributed by atoms with Crippen molar-refractivity contribution in [2.75, 3.05) is 0 Å². The third-order valence-electron chi connectivity index (χ3n) is 4.07. The van der Waals surface area contributed by atoms with Crippen LogP contribution in [0.5, 0.6) is 5.75 Å². The van der Waals surface area contributed by atoms with Crippen LogP contribution in [0, 0.1) is 0 Å². The maximum atomic E-state index is 12.3. The van der Waals surface area contributed by atoms with E-state index in [1.54, 1.807) is 13.8 Å². The van der Waals surface area contributed by atoms with Gasteiger partial charge >= 0.3 is 88.7 Å². The van der Waals surface area contributed by atoms with Crippen molar-refractivity contribution in [1.29, 1.82) is 0 Å². The molecule has 0 spiro atoms. The van der Waals surface area contributed by atoms with Crippen molar-refractivity contribution in [2.24, 2.45) is 5.73 Å². The number of amides is 1. The Labute approximate surface area is 239 Å². The van der Waals surface area contributed by atoms with E-state index < -0.39 is 46.1 Å². The van der Waals surface area contributed by atoms with Crippen LogP contribution in [0.15, 0.2) is 24.3 Å². The molecule has 1 aliphatic heterocycles. The number of nitrogens with two attached hydrogens (primary N) is 1. The van der Waals surface area contributed by atoms with Crippen LogP contribution >= 0.6 is 11.8 Å². The average molecular weight is 449 g/mol. The number of hydrogen-bond donors (Lipinski definition) is 3. The van der Waals surface area contributed by atoms with E-state index in [0.717, 1.165) is 11.8 Å². The standard InChI is InChI=1S/C16H21N3O6S.3Na/c1-16(2)11(15(24)25)19-13(26-16)10(14(22)23)18-12(21)9(17)7-3-5-8(20)6-4-7;;;/h3-6,9-11,13,19-20H,17H2,1-2H3,(H,18,21)(H,22,23)(H,24,25);;;/q;3*+1/p-3/t9?,10-,11-,13+;;;/m0.../s1. The molecule has 1 fully saturated rings. The van der Waals surface area contributed by atoms with Gasteiger partial charge in [-0.2, -0.15) is 0 Å². The molecule has 142 valence electrons. The number of carbonyl (C=O) groups excluding carboxylic acids is 3. The topological polar surface area (TPSA) is 170 Å². The third-order valence-corrected chi connectivity index (χ3v) is 5.57. The van der Waals surface area contributed by atoms with Crippen molar-refractivity contribution in [1.82, 2.24) is 10.6 Å². The van der Waals surface area contributed by atoms with Gasteiger partial charge in [-0.25, -0.2) is 0 Å². The van der Waals surface area contributed by atoms with E-state index in [0.29, 0.717) is 5.56 Å². The predicted molar refractivity (Wildman–Crippen MR) is 87.1 cm³/mol. The third kappa shape index (κ3) is 8.28. The second-order valence-electron chi connectivity index (χ2n) is 6.41. The Kier molecular flexibility index (Phi) is 14.6. The molecular weight excluding hydrogens is 431 g/mol. The van der Waals surface area contributed by atoms with Gasteiger partial charge in [0.05, 0.1) is 29.4 Å². The number of hydrogen-bond acceptors (Lipinski definition) is 9. The summed E-state index contributed by atoms with van der Waals surface area (Å²) in [6.07, 6.45) is 0. The molecule has 0 bridgehead atoms. The summed E-state index contributed by atoms with van der Waals surface area (Å²) in [7, 11) is 0. The summed E-state index contributed by atoms with van der Waals surface area (Å²) in [6.45, 7) is 3.24. The number of carboxylic acid groups (broad SMARTS) is 2. The molecule has 1 heterocycles. The number of carboxylic acids is 2. The molecule has 1 aliphatic rings. The van der Waals surface area contributed by atoms with E-state index in [4.69, 9.17) is 5.73 Å². The van der Waals surface area contributed by atoms with Crippen molar-refractivity contribution >= 4 is 29.6 Å². The maximum Gasteiger partial charge on any atom is 1.00 e. The Hall–Kier alpha value is 0.700. The fourth-order valence-electron chi connectivity index (χ4n) is 2.64. The Morgan fingerprint density at radius 3 is 2.07 bits per heavy atom. The first-order chi connectivity index (χ1) is 12.0. The maximum absolute atomic E-state index is 12.3. The summed E-state index contributed by atoms with van der Waals surface area (Å²) in [5.74, 6) is -4.01. The van der Waals surface area contributed by atoms with E-state index in [-0.39, 0.29) is 94.4 Å². The van der Waals surface area contributed by atoms with E-state index in [1.165, 1.54) is 24.3 Å². The molecule has 0 aliphatic carbocycles. The number of carbonyl (C=O) groups is 3. The molecule has 13 heteroatoms. The van der Waals surface area contributed by atoms with E-state index in [2.05, 4.69) is 10.6 Å². The second-order valence-corrected chi connectivity index (χ2v) is 8.21. The Bertz CT molecular complexity index is 722. The van der Waals surface area contributed by atoms with Crippen LogP contribution in [-0.2, 0) is 14.4 Å². The Morgan fingerprint density at radius 2 is 1.66 bits per heavy atom. The van der Waals surface area contributed by atoms with Gasteiger partial charge in [0, 0.05) is 4.75 Å². The molecule has 0 saturated carbocycles. The molecule has 1 aromatic carbocycles. The van der Waals surface area contributed by atoms with E-state index >= 15 is 0 Å². The first kappa shape index (κ1) is 31.9. The zero-order valence-corrected chi connectivity index (χ0v) is 23.9. The quantitative estimate of drug-likeness (QED) is 0.357. The van der Waals surface area contributed by atoms with Gasteiger partial charge < -0.3 is 36.0 Å². The van der Waals surface area contributed by atoms with Gasteiger partial charge in [-0.15, -0.1) is 17.5 Å². The first-order valence-corrected chi connectivity index (χ1v) is 8.59. The molecule has 0 radical (unpaired) electrons. The van der Waals surface area contributed by atoms with E-state index in [9.17, 15) is 29.7 Å². The van der Waals surface area contributed by atoms with Gasteiger partial charge in [-0.05, 0) is 19.4 Å². The van der Waals surface area contributed by atoms with Gasteiger partial charge in [0.2, 0.25) is 5.91 Å². The van der Waals surface area contributed by atoms with Gasteiger partial charge in [0.25, 0.3) is 0 Å². The van der Waals surface area contributed by atoms with Crippen molar-refractivity contribution in [3.8, 4) is 5.75 Å². The predicted octanol–water partition coefficient (Wildman–Crippen LogP) is -12.4. The van der Waals surface area contributed by atoms with Gasteiger partial charge in [0.1, 0.15) is 6.04 Å². The van der Waals surface area contributed by atoms with E-state index in [1.807, 2.05) is 0 Å². The molecule has 9 nitrogen and oxygen atoms in total. The molecule has 1 saturated heterocycles. The van der Waals surface area contributed by atoms with Crippen molar-refractivity contribution in [3.05, 3.63) is 29.8 Å². The molecule has 29 heavy (non-hydrogen) atoms. The summed E-state index contributed by atoms with van der Waals surface area (Å²) < 4.78 is -0.853. The second kappa shape index (κ2) is 13.3. The van der Waals surface area contributed by atoms with Crippen molar-refractivity contribution < 1.29 is 118 Å². The number of nitrogens with one attached hydrogen (secondary N) is 2. The summed E-state index contributed by atoms with van der Waals surface area (Å²) >= 11 is 1.04. The monoisotopic (exact) mass is 449 g/mol. The van der Waals surface area contributed by atoms with Crippen LogP contribution in [0.25, 0.3) is 0 Å². The SMILES string of the molecule is CC1(C)S[C@H]([C@H](NC(=O)C(N)c2ccc([O-])cc2)C(=O)[O-])N[C@H]1C(=O)[O-].[Na+].[Na+].[Na+]. The zero-order valence-electron chi connectivity index (χ0n) is 17.1. The Morgan fingerprint density at radius 1 is 1.14 bits per heavy atom. The van der Waals surface area contributed by atoms with Gasteiger partial charge in [-0.1, -0.05) is 24.3 Å². The largest absolute Gasteiger partial charge is 1.00 e. The number of aliphatic carboxylic acids is 2. The van der Waals surface area contributed by atoms with Gasteiger partial charge in [-0.3, -0.25) is 10.1 Å². The van der Waals surface area contributed by atoms with Crippen LogP contribution in [0.3, 0.4) is 0 Å². The fraction of sp³-hybridized carbons (Fsp3) is 0.438. The smallest absolute Gasteiger partial charge is 0.872 e. The fourth-order valence-corrected chi connectivity index (χ4v) is 4.11. The van der Waals surface area contributed by atoms with Crippen LogP contribution in [0.2, 0.25) is 0 Å². The van der Waals surface area contributed by atoms with Crippen LogP contribution < -0.4 is 120 Å². The van der Waals surface area contributed by atoms with Crippen LogP contribution in [0.4, 0.5) is 0 Å². The number of rotatable bonds is 6. The molecule has 1 unspecified atom stereocenters. The molecule has 4 N–H and O–H groups in total. The number of thioether (sulfide) groups is 1. The van der Waals surface area contributed by atoms with Crippen molar-refractivity contribution in [3.63, 3.8) is 0 Å². The summed E-state index contributed by atoms with van der Waals surface area (Å²) in [5, 5.41) is 37.8. The molecule has 4 atom stereocenters. The summed E-state index contributed by atoms with van der Waals surface area (Å²) in [5.41, 5.74) is 6.14. The first-order valence-electron chi connectivity index (χ1n) is 7.71. The zero-order chi connectivity index (χ0) is 19.6. The molecule has 2 rings (SSSR count). The van der Waals surface area contributed by atoms with Gasteiger partial charge in [0.15, 0.2) is 0 Å². The molecule has 0 aromatic heterocycles. The molecule has 1 aromatic rings. The van der Waals surface area contributed by atoms with Crippen LogP contribution in [0.1, 0.15) is 25.5 Å². The minimum Gasteiger partial charge on any atom is -0.872 e. The average Bonchev–Trinajstić information content (AvgIpc) is 2.87. The molecular formula is C16H18N3Na3O6S. The Balaban J connectivity index is 0. The molecule has 1 amide bonds. The number of benzene rings is 1. The van der Waals surface area contributed by atoms with Crippen molar-refractivity contribution in [2.45, 2.75) is 42.1 Å².